The van der Waals surface area contributed by atoms with Crippen LogP contribution in [0.15, 0.2) is 115 Å². The summed E-state index contributed by atoms with van der Waals surface area (Å²) in [7, 11) is 3.00. The Balaban J connectivity index is -0.00000131. The number of ether oxygens (including phenoxy) is 7. The predicted octanol–water partition coefficient (Wildman–Crippen LogP) is 13.5. The molecule has 0 radical (unpaired) electrons. The third-order valence-electron chi connectivity index (χ3n) is 15.7. The first-order valence-corrected chi connectivity index (χ1v) is 37.4. The van der Waals surface area contributed by atoms with Gasteiger partial charge in [-0.1, -0.05) is 178 Å². The average Bonchev–Trinajstić information content (AvgIpc) is 1.57. The van der Waals surface area contributed by atoms with E-state index in [1.807, 2.05) is 110 Å². The van der Waals surface area contributed by atoms with Crippen LogP contribution in [0.2, 0.25) is 20.1 Å². The molecular formula is C84H97BrCl4NNaO20. The molecule has 5 aromatic carbocycles. The fourth-order valence-electron chi connectivity index (χ4n) is 10.1. The molecule has 0 heterocycles. The molecule has 1 aliphatic rings. The number of carbonyl (C=O) groups is 10. The number of nitrogens with zero attached hydrogens (tertiary/aromatic N) is 1. The number of fused-ring (bicyclic) bond motifs is 2. The number of hydroxylamine groups is 2. The Morgan fingerprint density at radius 3 is 1.36 bits per heavy atom. The summed E-state index contributed by atoms with van der Waals surface area (Å²) in [5.74, 6) is 4.40. The van der Waals surface area contributed by atoms with Crippen LogP contribution in [0.25, 0.3) is 29.0 Å². The molecule has 1 atom stereocenters. The second-order valence-corrected chi connectivity index (χ2v) is 25.3. The summed E-state index contributed by atoms with van der Waals surface area (Å²) in [6.45, 7) is 19.4. The van der Waals surface area contributed by atoms with Crippen molar-refractivity contribution in [1.29, 1.82) is 0 Å². The van der Waals surface area contributed by atoms with Gasteiger partial charge in [0.25, 0.3) is 0 Å². The first-order chi connectivity index (χ1) is 52.4. The second-order valence-electron chi connectivity index (χ2n) is 23.0. The van der Waals surface area contributed by atoms with Crippen molar-refractivity contribution in [2.45, 2.75) is 128 Å². The molecule has 0 bridgehead atoms. The van der Waals surface area contributed by atoms with E-state index < -0.39 is 58.0 Å². The van der Waals surface area contributed by atoms with Crippen LogP contribution in [0.5, 0.6) is 0 Å². The Kier molecular flexibility index (Phi) is 54.8. The van der Waals surface area contributed by atoms with Crippen molar-refractivity contribution in [3.8, 4) is 36.5 Å². The van der Waals surface area contributed by atoms with Gasteiger partial charge in [0.1, 0.15) is 0 Å². The molecule has 27 heteroatoms. The van der Waals surface area contributed by atoms with Crippen LogP contribution >= 0.6 is 62.3 Å². The number of alkyl halides is 1. The van der Waals surface area contributed by atoms with Gasteiger partial charge in [-0.05, 0) is 151 Å². The van der Waals surface area contributed by atoms with E-state index in [0.717, 1.165) is 48.4 Å². The fourth-order valence-corrected chi connectivity index (χ4v) is 11.1. The number of Topliss-reactive ketones (excluding diaryl/α,β-unsaturated/α-hetero) is 2. The summed E-state index contributed by atoms with van der Waals surface area (Å²) in [5.41, 5.74) is 0.913. The quantitative estimate of drug-likeness (QED) is 0.00517. The molecule has 5 aromatic rings. The van der Waals surface area contributed by atoms with E-state index in [-0.39, 0.29) is 139 Å². The smallest absolute Gasteiger partial charge is 1.00 e. The maximum Gasteiger partial charge on any atom is 1.00 e. The molecule has 0 aromatic heterocycles. The van der Waals surface area contributed by atoms with Crippen molar-refractivity contribution >= 4 is 157 Å². The maximum absolute atomic E-state index is 12.8. The first-order valence-electron chi connectivity index (χ1n) is 34.8. The maximum atomic E-state index is 12.8. The van der Waals surface area contributed by atoms with E-state index in [4.69, 9.17) is 92.5 Å². The molecule has 594 valence electrons. The molecule has 6 rings (SSSR count). The number of hydrogen-bond donors (Lipinski definition) is 0. The summed E-state index contributed by atoms with van der Waals surface area (Å²) in [6, 6.07) is 29.7. The minimum atomic E-state index is -1.54. The molecule has 0 fully saturated rings. The Bertz CT molecular complexity index is 4120. The minimum Gasteiger partial charge on any atom is -1.00 e. The number of rotatable bonds is 28. The van der Waals surface area contributed by atoms with Crippen molar-refractivity contribution in [3.63, 3.8) is 0 Å². The van der Waals surface area contributed by atoms with Gasteiger partial charge in [-0.15, -0.1) is 24.7 Å². The number of allylic oxidation sites excluding steroid dienone is 3. The summed E-state index contributed by atoms with van der Waals surface area (Å²) < 4.78 is 35.1. The topological polar surface area (TPSA) is 282 Å². The van der Waals surface area contributed by atoms with Crippen molar-refractivity contribution < 1.29 is 127 Å². The van der Waals surface area contributed by atoms with Gasteiger partial charge in [0.2, 0.25) is 11.7 Å². The minimum absolute atomic E-state index is 0. The van der Waals surface area contributed by atoms with Crippen LogP contribution in [0.4, 0.5) is 0 Å². The zero-order valence-electron chi connectivity index (χ0n) is 66.2. The van der Waals surface area contributed by atoms with E-state index >= 15 is 0 Å². The number of carbonyl (C=O) groups excluding carboxylic acids is 12. The van der Waals surface area contributed by atoms with Gasteiger partial charge < -0.3 is 34.6 Å². The van der Waals surface area contributed by atoms with E-state index in [0.29, 0.717) is 45.6 Å². The predicted molar refractivity (Wildman–Crippen MR) is 430 cm³/mol. The molecule has 0 N–H and O–H groups in total. The van der Waals surface area contributed by atoms with Crippen LogP contribution in [0.3, 0.4) is 0 Å². The number of amides is 1. The Labute approximate surface area is 703 Å². The van der Waals surface area contributed by atoms with E-state index in [1.165, 1.54) is 27.9 Å². The summed E-state index contributed by atoms with van der Waals surface area (Å²) >= 11 is 27.8. The zero-order valence-corrected chi connectivity index (χ0v) is 71.9. The Morgan fingerprint density at radius 1 is 0.568 bits per heavy atom. The molecule has 21 nitrogen and oxygen atoms in total. The SMILES string of the molecule is C#CCC(C(=O)OCC)C(=O)OCC.C#CCC(C/C=C/c1ccccc1Cl)(C(=O)OCC)C(=O)OCC.CCOC(=O)C(CC)(CC#CC(C)=O)C/C=C/c1ccccc1Cl.CCOC(=O)C1(C(=O)OCC)Cc2cc3c(Cl)cccc3c(C(C)=O)c2C1.CON(C)C(C)=O.Clc1ccccc1/C=C/CBr.O=C=O.[H-].[Na+]. The van der Waals surface area contributed by atoms with Crippen molar-refractivity contribution in [2.24, 2.45) is 22.2 Å². The molecule has 1 amide bonds. The van der Waals surface area contributed by atoms with Gasteiger partial charge in [-0.2, -0.15) is 9.59 Å². The van der Waals surface area contributed by atoms with Crippen molar-refractivity contribution in [2.75, 3.05) is 65.7 Å². The number of benzene rings is 5. The number of esters is 7. The van der Waals surface area contributed by atoms with E-state index in [9.17, 15) is 47.9 Å². The number of hydrogen-bond acceptors (Lipinski definition) is 20. The molecular weight excluding hydrogens is 1590 g/mol. The standard InChI is InChI=1S/C21H21ClO5.C20H23ClO3.C19H21ClO4.C10H14O4.C9H8BrCl.C4H9NO2.CO2.Na.H/c1-4-26-19(24)21(20(25)27-5-2)10-13-9-15-14(7-6-8-17(15)22)18(12(3)23)16(13)11-21;1-4-20(19(23)24-5-2,14-8-10-16(3)22)15-9-12-17-11-6-7-13-18(17)21;1-4-13-19(17(21)23-5-2,18(22)24-6-3)14-9-11-15-10-7-8-12-16(15)20;1-4-7-8(9(11)13-5-2)10(12)14-6-3;10-7-3-5-8-4-1-2-6-9(8)11;1-4(6)5(2)7-3;2-1-3;;/h6-9H,4-5,10-11H2,1-3H3;6-7,9,11-13H,4-5,14-15H2,1-3H3;1,7-12H,5-6,13-14H2,2-3H3;1,8H,5-7H2,2-3H3;1-6H,7H2;1-3H3;;;/q;;;;;;;+1;-1/b;12-9+;11-9+;;5-3+;;;;. The van der Waals surface area contributed by atoms with Crippen LogP contribution < -0.4 is 29.6 Å². The van der Waals surface area contributed by atoms with Gasteiger partial charge in [0.05, 0.1) is 58.8 Å². The molecule has 0 aliphatic heterocycles. The largest absolute Gasteiger partial charge is 1.00 e. The van der Waals surface area contributed by atoms with Crippen molar-refractivity contribution in [1.82, 2.24) is 5.06 Å². The molecule has 0 saturated heterocycles. The molecule has 0 spiro atoms. The monoisotopic (exact) mass is 1680 g/mol. The van der Waals surface area contributed by atoms with Gasteiger partial charge in [0, 0.05) is 82.9 Å². The van der Waals surface area contributed by atoms with Crippen molar-refractivity contribution in [3.05, 3.63) is 169 Å². The first kappa shape index (κ1) is 104. The van der Waals surface area contributed by atoms with Gasteiger partial charge in [0.15, 0.2) is 22.5 Å². The van der Waals surface area contributed by atoms with Gasteiger partial charge >= 0.3 is 77.5 Å². The third-order valence-corrected chi connectivity index (χ3v) is 17.4. The number of ketones is 2. The Hall–Kier alpha value is -8.66. The molecule has 111 heavy (non-hydrogen) atoms. The number of halogens is 5. The van der Waals surface area contributed by atoms with E-state index in [1.54, 1.807) is 85.9 Å². The van der Waals surface area contributed by atoms with Gasteiger partial charge in [-0.3, -0.25) is 52.8 Å². The van der Waals surface area contributed by atoms with Crippen LogP contribution in [0, 0.1) is 58.7 Å². The summed E-state index contributed by atoms with van der Waals surface area (Å²) in [5, 5.41) is 6.00. The Morgan fingerprint density at radius 2 is 0.991 bits per heavy atom. The van der Waals surface area contributed by atoms with Crippen LogP contribution in [-0.4, -0.2) is 136 Å². The summed E-state index contributed by atoms with van der Waals surface area (Å²) in [6.07, 6.45) is 23.4. The fraction of sp³-hybridized carbons (Fsp3) is 0.393. The van der Waals surface area contributed by atoms with Gasteiger partial charge in [-0.25, -0.2) is 5.06 Å². The average molecular weight is 1690 g/mol. The molecule has 1 aliphatic carbocycles. The zero-order chi connectivity index (χ0) is 83.4. The molecule has 1 unspecified atom stereocenters. The summed E-state index contributed by atoms with van der Waals surface area (Å²) in [4.78, 5) is 140. The molecule has 0 saturated carbocycles. The van der Waals surface area contributed by atoms with Crippen LogP contribution in [0.1, 0.15) is 154 Å². The van der Waals surface area contributed by atoms with E-state index in [2.05, 4.69) is 53.9 Å². The second kappa shape index (κ2) is 58.3. The van der Waals surface area contributed by atoms with Crippen LogP contribution in [-0.2, 0) is 104 Å². The number of terminal acetylenes is 2. The third kappa shape index (κ3) is 35.3. The normalized spacial score (nSPS) is 11.6.